The molecule has 0 aliphatic carbocycles. The van der Waals surface area contributed by atoms with E-state index < -0.39 is 17.9 Å². The maximum Gasteiger partial charge on any atom is 0.319 e. The molecule has 1 aromatic carbocycles. The second-order valence-corrected chi connectivity index (χ2v) is 6.50. The highest BCUT2D eigenvalue weighted by molar-refractivity contribution is 9.09. The first-order valence-corrected chi connectivity index (χ1v) is 9.40. The van der Waals surface area contributed by atoms with Crippen molar-refractivity contribution in [3.05, 3.63) is 42.1 Å². The third-order valence-corrected chi connectivity index (χ3v) is 4.32. The van der Waals surface area contributed by atoms with Crippen molar-refractivity contribution in [2.24, 2.45) is 5.92 Å². The molecule has 1 saturated heterocycles. The molecule has 6 nitrogen and oxygen atoms in total. The van der Waals surface area contributed by atoms with Crippen molar-refractivity contribution in [1.82, 2.24) is 10.6 Å². The molecule has 1 aliphatic heterocycles. The zero-order valence-corrected chi connectivity index (χ0v) is 15.8. The van der Waals surface area contributed by atoms with E-state index in [0.717, 1.165) is 29.5 Å². The largest absolute Gasteiger partial charge is 0.494 e. The van der Waals surface area contributed by atoms with E-state index >= 15 is 0 Å². The minimum Gasteiger partial charge on any atom is -0.494 e. The van der Waals surface area contributed by atoms with Crippen LogP contribution in [0.3, 0.4) is 0 Å². The summed E-state index contributed by atoms with van der Waals surface area (Å²) in [5, 5.41) is 6.10. The van der Waals surface area contributed by atoms with E-state index in [1.807, 2.05) is 31.2 Å². The molecule has 2 atom stereocenters. The fourth-order valence-electron chi connectivity index (χ4n) is 2.55. The Morgan fingerprint density at radius 2 is 2.00 bits per heavy atom. The second kappa shape index (κ2) is 9.46. The number of esters is 1. The Morgan fingerprint density at radius 1 is 1.28 bits per heavy atom. The fourth-order valence-corrected chi connectivity index (χ4v) is 2.78. The summed E-state index contributed by atoms with van der Waals surface area (Å²) in [4.78, 5) is 24.3. The van der Waals surface area contributed by atoms with E-state index in [1.165, 1.54) is 0 Å². The molecule has 7 heteroatoms. The molecule has 0 radical (unpaired) electrons. The van der Waals surface area contributed by atoms with Crippen molar-refractivity contribution >= 4 is 27.9 Å². The summed E-state index contributed by atoms with van der Waals surface area (Å²) in [7, 11) is 0. The molecule has 0 unspecified atom stereocenters. The van der Waals surface area contributed by atoms with Crippen LogP contribution in [0.4, 0.5) is 4.79 Å². The quantitative estimate of drug-likeness (QED) is 0.391. The molecule has 2 N–H and O–H groups in total. The second-order valence-electron chi connectivity index (χ2n) is 5.71. The van der Waals surface area contributed by atoms with Crippen molar-refractivity contribution in [2.45, 2.75) is 25.8 Å². The molecule has 0 bridgehead atoms. The maximum absolute atomic E-state index is 12.5. The van der Waals surface area contributed by atoms with Crippen LogP contribution in [0, 0.1) is 5.92 Å². The lowest BCUT2D eigenvalue weighted by molar-refractivity contribution is -0.148. The Morgan fingerprint density at radius 3 is 2.64 bits per heavy atom. The van der Waals surface area contributed by atoms with Crippen molar-refractivity contribution in [3.63, 3.8) is 0 Å². The van der Waals surface area contributed by atoms with Crippen LogP contribution in [0.2, 0.25) is 0 Å². The molecule has 0 aromatic heterocycles. The van der Waals surface area contributed by atoms with Crippen LogP contribution in [0.15, 0.2) is 36.5 Å². The van der Waals surface area contributed by atoms with Gasteiger partial charge in [-0.2, -0.15) is 0 Å². The normalized spacial score (nSPS) is 19.8. The lowest BCUT2D eigenvalue weighted by atomic mass is 9.89. The SMILES string of the molecule is C=C1NC(=O)N[C@@H](c2ccc(OCCC)cc2)[C@@H]1C(=O)OCCCBr. The monoisotopic (exact) mass is 410 g/mol. The zero-order chi connectivity index (χ0) is 18.2. The van der Waals surface area contributed by atoms with Crippen LogP contribution >= 0.6 is 15.9 Å². The third kappa shape index (κ3) is 5.22. The summed E-state index contributed by atoms with van der Waals surface area (Å²) >= 11 is 3.30. The Balaban J connectivity index is 2.16. The van der Waals surface area contributed by atoms with Gasteiger partial charge in [-0.3, -0.25) is 4.79 Å². The van der Waals surface area contributed by atoms with Gasteiger partial charge < -0.3 is 20.1 Å². The Kier molecular flexibility index (Phi) is 7.31. The molecule has 1 aromatic rings. The predicted octanol–water partition coefficient (Wildman–Crippen LogP) is 3.29. The average Bonchev–Trinajstić information content (AvgIpc) is 2.59. The third-order valence-electron chi connectivity index (χ3n) is 3.76. The van der Waals surface area contributed by atoms with Gasteiger partial charge in [-0.05, 0) is 30.5 Å². The minimum atomic E-state index is -0.685. The highest BCUT2D eigenvalue weighted by Gasteiger charge is 2.38. The molecule has 0 spiro atoms. The van der Waals surface area contributed by atoms with Crippen LogP contribution in [-0.2, 0) is 9.53 Å². The fraction of sp³-hybridized carbons (Fsp3) is 0.444. The van der Waals surface area contributed by atoms with E-state index in [4.69, 9.17) is 9.47 Å². The number of amides is 2. The summed E-state index contributed by atoms with van der Waals surface area (Å²) in [6.45, 7) is 6.82. The van der Waals surface area contributed by atoms with Gasteiger partial charge in [-0.15, -0.1) is 0 Å². The number of benzene rings is 1. The number of urea groups is 1. The van der Waals surface area contributed by atoms with Gasteiger partial charge in [0, 0.05) is 11.0 Å². The first kappa shape index (κ1) is 19.3. The predicted molar refractivity (Wildman–Crippen MR) is 98.6 cm³/mol. The summed E-state index contributed by atoms with van der Waals surface area (Å²) in [5.74, 6) is -0.341. The Hall–Kier alpha value is -2.02. The number of hydrogen-bond donors (Lipinski definition) is 2. The Bertz CT molecular complexity index is 618. The van der Waals surface area contributed by atoms with Crippen LogP contribution in [-0.4, -0.2) is 30.5 Å². The number of carbonyl (C=O) groups excluding carboxylic acids is 2. The number of halogens is 1. The minimum absolute atomic E-state index is 0.318. The van der Waals surface area contributed by atoms with Gasteiger partial charge in [-0.25, -0.2) is 4.79 Å². The van der Waals surface area contributed by atoms with Gasteiger partial charge in [0.05, 0.1) is 19.3 Å². The average molecular weight is 411 g/mol. The zero-order valence-electron chi connectivity index (χ0n) is 14.2. The van der Waals surface area contributed by atoms with Crippen LogP contribution in [0.1, 0.15) is 31.4 Å². The first-order chi connectivity index (χ1) is 12.1. The van der Waals surface area contributed by atoms with Crippen molar-refractivity contribution in [1.29, 1.82) is 0 Å². The molecule has 1 heterocycles. The summed E-state index contributed by atoms with van der Waals surface area (Å²) in [6.07, 6.45) is 1.65. The molecule has 136 valence electrons. The van der Waals surface area contributed by atoms with Gasteiger partial charge in [0.1, 0.15) is 11.7 Å². The van der Waals surface area contributed by atoms with Crippen molar-refractivity contribution in [3.8, 4) is 5.75 Å². The summed E-state index contributed by atoms with van der Waals surface area (Å²) < 4.78 is 10.9. The van der Waals surface area contributed by atoms with Crippen LogP contribution in [0.5, 0.6) is 5.75 Å². The maximum atomic E-state index is 12.5. The number of hydrogen-bond acceptors (Lipinski definition) is 4. The standard InChI is InChI=1S/C18H23BrN2O4/c1-3-10-24-14-7-5-13(6-8-14)16-15(12(2)20-18(23)21-16)17(22)25-11-4-9-19/h5-8,15-16H,2-4,9-11H2,1H3,(H2,20,21,23)/t15-,16+/m1/s1. The van der Waals surface area contributed by atoms with Gasteiger partial charge in [-0.1, -0.05) is 41.6 Å². The molecule has 2 amide bonds. The highest BCUT2D eigenvalue weighted by atomic mass is 79.9. The number of rotatable bonds is 8. The number of ether oxygens (including phenoxy) is 2. The van der Waals surface area contributed by atoms with E-state index in [9.17, 15) is 9.59 Å². The van der Waals surface area contributed by atoms with Crippen LogP contribution in [0.25, 0.3) is 0 Å². The highest BCUT2D eigenvalue weighted by Crippen LogP contribution is 2.31. The van der Waals surface area contributed by atoms with E-state index in [-0.39, 0.29) is 6.03 Å². The molecule has 2 rings (SSSR count). The van der Waals surface area contributed by atoms with Gasteiger partial charge >= 0.3 is 12.0 Å². The molecule has 1 fully saturated rings. The van der Waals surface area contributed by atoms with Gasteiger partial charge in [0.2, 0.25) is 0 Å². The summed E-state index contributed by atoms with van der Waals surface area (Å²) in [6, 6.07) is 6.43. The first-order valence-electron chi connectivity index (χ1n) is 8.28. The molecule has 1 aliphatic rings. The smallest absolute Gasteiger partial charge is 0.319 e. The molecular weight excluding hydrogens is 388 g/mol. The Labute approximate surface area is 156 Å². The van der Waals surface area contributed by atoms with Gasteiger partial charge in [0.25, 0.3) is 0 Å². The lowest BCUT2D eigenvalue weighted by Crippen LogP contribution is -2.51. The molecular formula is C18H23BrN2O4. The van der Waals surface area contributed by atoms with E-state index in [2.05, 4.69) is 33.1 Å². The topological polar surface area (TPSA) is 76.7 Å². The summed E-state index contributed by atoms with van der Waals surface area (Å²) in [5.41, 5.74) is 1.13. The number of carbonyl (C=O) groups is 2. The van der Waals surface area contributed by atoms with Gasteiger partial charge in [0.15, 0.2) is 0 Å². The van der Waals surface area contributed by atoms with E-state index in [1.54, 1.807) is 0 Å². The molecule has 25 heavy (non-hydrogen) atoms. The van der Waals surface area contributed by atoms with Crippen molar-refractivity contribution < 1.29 is 19.1 Å². The van der Waals surface area contributed by atoms with E-state index in [0.29, 0.717) is 18.9 Å². The number of nitrogens with one attached hydrogen (secondary N) is 2. The van der Waals surface area contributed by atoms with Crippen LogP contribution < -0.4 is 15.4 Å². The molecule has 0 saturated carbocycles. The number of alkyl halides is 1. The lowest BCUT2D eigenvalue weighted by Gasteiger charge is -2.33. The van der Waals surface area contributed by atoms with Crippen molar-refractivity contribution in [2.75, 3.05) is 18.5 Å².